The van der Waals surface area contributed by atoms with Gasteiger partial charge in [0.1, 0.15) is 6.61 Å². The summed E-state index contributed by atoms with van der Waals surface area (Å²) in [6.45, 7) is 9.68. The molecule has 5 rings (SSSR count). The number of hydrogen-bond acceptors (Lipinski definition) is 10. The summed E-state index contributed by atoms with van der Waals surface area (Å²) in [6.07, 6.45) is 1.59. The number of halogens is 1. The van der Waals surface area contributed by atoms with Crippen LogP contribution in [0.3, 0.4) is 0 Å². The summed E-state index contributed by atoms with van der Waals surface area (Å²) in [5.74, 6) is 0.0732. The fraction of sp³-hybridized carbons (Fsp3) is 0.297. The molecule has 1 aliphatic rings. The van der Waals surface area contributed by atoms with Gasteiger partial charge in [-0.3, -0.25) is 9.36 Å². The topological polar surface area (TPSA) is 135 Å². The van der Waals surface area contributed by atoms with E-state index < -0.39 is 18.0 Å². The molecule has 1 aromatic heterocycles. The SMILES string of the molecule is CCOC(=O)C1=C(C)N=c2s/c(=C\c3cc(Cl)c(OCc4ccc(C(=O)O)cc4)c(OCC)c3)c(=O)n2[C@H]1c1ccc(OC(C)C)c(OC)c1. The standard InChI is InChI=1S/C37H37ClN2O9S/c1-7-46-29-16-23(15-26(38)33(29)48-19-22-9-11-24(12-10-22)35(42)43)17-30-34(41)40-32(25-13-14-27(49-20(3)4)28(18-25)45-6)31(36(44)47-8-2)21(5)39-37(40)50-30/h9-18,20,32H,7-8,19H2,1-6H3,(H,42,43)/b30-17-/t32-/m0/s1. The number of rotatable bonds is 13. The van der Waals surface area contributed by atoms with E-state index in [2.05, 4.69) is 4.99 Å². The summed E-state index contributed by atoms with van der Waals surface area (Å²) < 4.78 is 30.7. The summed E-state index contributed by atoms with van der Waals surface area (Å²) >= 11 is 7.88. The van der Waals surface area contributed by atoms with Gasteiger partial charge in [-0.1, -0.05) is 41.1 Å². The van der Waals surface area contributed by atoms with Gasteiger partial charge in [0, 0.05) is 0 Å². The molecule has 0 saturated carbocycles. The molecule has 3 aromatic carbocycles. The number of carbonyl (C=O) groups excluding carboxylic acids is 1. The van der Waals surface area contributed by atoms with Gasteiger partial charge in [0.05, 0.1) is 58.9 Å². The molecule has 0 bridgehead atoms. The number of fused-ring (bicyclic) bond motifs is 1. The summed E-state index contributed by atoms with van der Waals surface area (Å²) in [6, 6.07) is 14.2. The van der Waals surface area contributed by atoms with Crippen molar-refractivity contribution in [3.63, 3.8) is 0 Å². The zero-order chi connectivity index (χ0) is 36.1. The van der Waals surface area contributed by atoms with Crippen LogP contribution in [0, 0.1) is 0 Å². The van der Waals surface area contributed by atoms with Crippen LogP contribution >= 0.6 is 22.9 Å². The number of allylic oxidation sites excluding steroid dienone is 1. The first-order valence-corrected chi connectivity index (χ1v) is 17.1. The minimum atomic E-state index is -1.02. The number of nitrogens with zero attached hydrogens (tertiary/aromatic N) is 2. The maximum absolute atomic E-state index is 14.2. The number of carbonyl (C=O) groups is 2. The second-order valence-electron chi connectivity index (χ2n) is 11.4. The van der Waals surface area contributed by atoms with Crippen molar-refractivity contribution < 1.29 is 38.4 Å². The number of hydrogen-bond donors (Lipinski definition) is 1. The second-order valence-corrected chi connectivity index (χ2v) is 12.8. The number of aromatic carboxylic acids is 1. The van der Waals surface area contributed by atoms with Crippen LogP contribution in [-0.2, 0) is 16.1 Å². The first-order valence-electron chi connectivity index (χ1n) is 15.9. The molecule has 0 amide bonds. The highest BCUT2D eigenvalue weighted by Crippen LogP contribution is 2.38. The molecule has 0 unspecified atom stereocenters. The summed E-state index contributed by atoms with van der Waals surface area (Å²) in [4.78, 5) is 43.8. The van der Waals surface area contributed by atoms with E-state index in [0.29, 0.717) is 55.8 Å². The Morgan fingerprint density at radius 1 is 1.02 bits per heavy atom. The summed E-state index contributed by atoms with van der Waals surface area (Å²) in [5, 5.41) is 9.43. The van der Waals surface area contributed by atoms with E-state index in [1.807, 2.05) is 20.8 Å². The van der Waals surface area contributed by atoms with Crippen molar-refractivity contribution in [3.8, 4) is 23.0 Å². The quantitative estimate of drug-likeness (QED) is 0.167. The highest BCUT2D eigenvalue weighted by Gasteiger charge is 2.34. The lowest BCUT2D eigenvalue weighted by molar-refractivity contribution is -0.139. The Morgan fingerprint density at radius 3 is 2.40 bits per heavy atom. The number of carboxylic acids is 1. The molecule has 1 atom stereocenters. The number of aromatic nitrogens is 1. The first-order chi connectivity index (χ1) is 23.9. The van der Waals surface area contributed by atoms with Crippen molar-refractivity contribution in [1.29, 1.82) is 0 Å². The van der Waals surface area contributed by atoms with Crippen molar-refractivity contribution in [1.82, 2.24) is 4.57 Å². The molecule has 262 valence electrons. The largest absolute Gasteiger partial charge is 0.493 e. The Labute approximate surface area is 297 Å². The van der Waals surface area contributed by atoms with Crippen LogP contribution < -0.4 is 33.8 Å². The zero-order valence-electron chi connectivity index (χ0n) is 28.4. The Balaban J connectivity index is 1.57. The van der Waals surface area contributed by atoms with Gasteiger partial charge in [-0.05, 0) is 93.8 Å². The molecule has 2 heterocycles. The Bertz CT molecular complexity index is 2140. The van der Waals surface area contributed by atoms with E-state index in [1.165, 1.54) is 35.1 Å². The van der Waals surface area contributed by atoms with Crippen molar-refractivity contribution >= 4 is 41.0 Å². The molecular formula is C37H37ClN2O9S. The number of thiazole rings is 1. The smallest absolute Gasteiger partial charge is 0.338 e. The predicted molar refractivity (Wildman–Crippen MR) is 190 cm³/mol. The third-order valence-corrected chi connectivity index (χ3v) is 8.86. The lowest BCUT2D eigenvalue weighted by atomic mass is 9.95. The third-order valence-electron chi connectivity index (χ3n) is 7.60. The zero-order valence-corrected chi connectivity index (χ0v) is 30.0. The van der Waals surface area contributed by atoms with E-state index in [0.717, 1.165) is 5.56 Å². The molecule has 0 aliphatic carbocycles. The van der Waals surface area contributed by atoms with Crippen molar-refractivity contribution in [2.24, 2.45) is 4.99 Å². The van der Waals surface area contributed by atoms with Gasteiger partial charge >= 0.3 is 11.9 Å². The predicted octanol–water partition coefficient (Wildman–Crippen LogP) is 5.92. The first kappa shape index (κ1) is 36.2. The Morgan fingerprint density at radius 2 is 1.76 bits per heavy atom. The molecule has 1 N–H and O–H groups in total. The van der Waals surface area contributed by atoms with Crippen molar-refractivity contribution in [2.45, 2.75) is 53.4 Å². The third kappa shape index (κ3) is 7.71. The van der Waals surface area contributed by atoms with Gasteiger partial charge in [0.25, 0.3) is 5.56 Å². The molecule has 11 nitrogen and oxygen atoms in total. The van der Waals surface area contributed by atoms with Gasteiger partial charge in [-0.15, -0.1) is 0 Å². The molecule has 0 radical (unpaired) electrons. The highest BCUT2D eigenvalue weighted by atomic mass is 35.5. The van der Waals surface area contributed by atoms with E-state index in [1.54, 1.807) is 62.4 Å². The van der Waals surface area contributed by atoms with Gasteiger partial charge in [-0.2, -0.15) is 0 Å². The normalized spacial score (nSPS) is 14.2. The van der Waals surface area contributed by atoms with Crippen LogP contribution in [-0.4, -0.2) is 48.0 Å². The number of benzene rings is 3. The van der Waals surface area contributed by atoms with Crippen molar-refractivity contribution in [3.05, 3.63) is 113 Å². The molecular weight excluding hydrogens is 684 g/mol. The van der Waals surface area contributed by atoms with Crippen LogP contribution in [0.15, 0.2) is 75.7 Å². The van der Waals surface area contributed by atoms with Gasteiger partial charge in [0.15, 0.2) is 27.8 Å². The number of methoxy groups -OCH3 is 1. The average molecular weight is 721 g/mol. The second kappa shape index (κ2) is 15.6. The Hall–Kier alpha value is -5.07. The Kier molecular flexibility index (Phi) is 11.3. The van der Waals surface area contributed by atoms with E-state index in [-0.39, 0.29) is 41.0 Å². The van der Waals surface area contributed by atoms with E-state index in [9.17, 15) is 19.5 Å². The summed E-state index contributed by atoms with van der Waals surface area (Å²) in [7, 11) is 1.53. The minimum absolute atomic E-state index is 0.0973. The number of carboxylic acid groups (broad SMARTS) is 1. The summed E-state index contributed by atoms with van der Waals surface area (Å²) in [5.41, 5.74) is 2.41. The number of ether oxygens (including phenoxy) is 5. The monoisotopic (exact) mass is 720 g/mol. The molecule has 0 spiro atoms. The molecule has 13 heteroatoms. The van der Waals surface area contributed by atoms with E-state index in [4.69, 9.17) is 35.3 Å². The average Bonchev–Trinajstić information content (AvgIpc) is 3.37. The fourth-order valence-corrected chi connectivity index (χ4v) is 6.76. The van der Waals surface area contributed by atoms with Crippen LogP contribution in [0.1, 0.15) is 67.7 Å². The van der Waals surface area contributed by atoms with Crippen LogP contribution in [0.25, 0.3) is 6.08 Å². The maximum Gasteiger partial charge on any atom is 0.338 e. The van der Waals surface area contributed by atoms with Gasteiger partial charge in [0.2, 0.25) is 0 Å². The van der Waals surface area contributed by atoms with Gasteiger partial charge in [-0.25, -0.2) is 14.6 Å². The van der Waals surface area contributed by atoms with Crippen LogP contribution in [0.4, 0.5) is 0 Å². The van der Waals surface area contributed by atoms with Crippen LogP contribution in [0.2, 0.25) is 5.02 Å². The molecule has 50 heavy (non-hydrogen) atoms. The van der Waals surface area contributed by atoms with Crippen LogP contribution in [0.5, 0.6) is 23.0 Å². The number of esters is 1. The molecule has 4 aromatic rings. The maximum atomic E-state index is 14.2. The minimum Gasteiger partial charge on any atom is -0.493 e. The molecule has 1 aliphatic heterocycles. The lowest BCUT2D eigenvalue weighted by Gasteiger charge is -2.25. The molecule has 0 fully saturated rings. The van der Waals surface area contributed by atoms with Crippen molar-refractivity contribution in [2.75, 3.05) is 20.3 Å². The lowest BCUT2D eigenvalue weighted by Crippen LogP contribution is -2.40. The molecule has 0 saturated heterocycles. The fourth-order valence-electron chi connectivity index (χ4n) is 5.44. The highest BCUT2D eigenvalue weighted by molar-refractivity contribution is 7.07. The van der Waals surface area contributed by atoms with Gasteiger partial charge < -0.3 is 28.8 Å². The van der Waals surface area contributed by atoms with E-state index >= 15 is 0 Å².